The fourth-order valence-electron chi connectivity index (χ4n) is 3.15. The number of aromatic nitrogens is 2. The standard InChI is InChI=1S/C18H19ClF3N5O2/c1-26-10-13(19)8-14(26)17(29)25-24-16(28)11-4-6-27(7-5-11)15-3-2-12(9-23-15)18(20,21)22/h2-3,8-11H,4-7H2,1H3,(H,24,28)(H,25,29). The van der Waals surface area contributed by atoms with Crippen molar-refractivity contribution in [2.24, 2.45) is 13.0 Å². The summed E-state index contributed by atoms with van der Waals surface area (Å²) in [6, 6.07) is 3.81. The fraction of sp³-hybridized carbons (Fsp3) is 0.389. The second-order valence-electron chi connectivity index (χ2n) is 6.76. The lowest BCUT2D eigenvalue weighted by Crippen LogP contribution is -2.47. The van der Waals surface area contributed by atoms with Crippen LogP contribution < -0.4 is 15.8 Å². The highest BCUT2D eigenvalue weighted by atomic mass is 35.5. The van der Waals surface area contributed by atoms with Gasteiger partial charge in [-0.05, 0) is 31.0 Å². The lowest BCUT2D eigenvalue weighted by atomic mass is 9.96. The molecule has 0 atom stereocenters. The average Bonchev–Trinajstić information content (AvgIpc) is 3.03. The number of nitrogens with zero attached hydrogens (tertiary/aromatic N) is 3. The SMILES string of the molecule is Cn1cc(Cl)cc1C(=O)NNC(=O)C1CCN(c2ccc(C(F)(F)F)cn2)CC1. The molecule has 0 bridgehead atoms. The Hall–Kier alpha value is -2.75. The number of hydrazine groups is 1. The number of hydrogen-bond acceptors (Lipinski definition) is 4. The normalized spacial score (nSPS) is 15.3. The topological polar surface area (TPSA) is 79.3 Å². The van der Waals surface area contributed by atoms with Crippen molar-refractivity contribution >= 4 is 29.2 Å². The maximum absolute atomic E-state index is 12.6. The van der Waals surface area contributed by atoms with Gasteiger partial charge in [-0.15, -0.1) is 0 Å². The molecule has 2 aromatic rings. The van der Waals surface area contributed by atoms with Crippen LogP contribution in [0.5, 0.6) is 0 Å². The quantitative estimate of drug-likeness (QED) is 0.735. The first-order valence-corrected chi connectivity index (χ1v) is 9.23. The van der Waals surface area contributed by atoms with Crippen LogP contribution in [-0.4, -0.2) is 34.5 Å². The van der Waals surface area contributed by atoms with Gasteiger partial charge in [-0.25, -0.2) is 4.98 Å². The van der Waals surface area contributed by atoms with Crippen molar-refractivity contribution in [3.05, 3.63) is 46.9 Å². The highest BCUT2D eigenvalue weighted by molar-refractivity contribution is 6.31. The molecular weight excluding hydrogens is 411 g/mol. The largest absolute Gasteiger partial charge is 0.417 e. The minimum atomic E-state index is -4.42. The number of piperidine rings is 1. The molecule has 1 fully saturated rings. The van der Waals surface area contributed by atoms with E-state index in [2.05, 4.69) is 15.8 Å². The van der Waals surface area contributed by atoms with E-state index in [1.54, 1.807) is 17.8 Å². The average molecular weight is 430 g/mol. The summed E-state index contributed by atoms with van der Waals surface area (Å²) >= 11 is 5.84. The first-order chi connectivity index (χ1) is 13.6. The molecule has 0 unspecified atom stereocenters. The van der Waals surface area contributed by atoms with E-state index in [1.165, 1.54) is 12.1 Å². The first kappa shape index (κ1) is 21.0. The zero-order valence-corrected chi connectivity index (χ0v) is 16.2. The summed E-state index contributed by atoms with van der Waals surface area (Å²) < 4.78 is 39.4. The Bertz CT molecular complexity index is 890. The highest BCUT2D eigenvalue weighted by Crippen LogP contribution is 2.30. The molecule has 0 aromatic carbocycles. The highest BCUT2D eigenvalue weighted by Gasteiger charge is 2.31. The molecule has 11 heteroatoms. The van der Waals surface area contributed by atoms with Crippen LogP contribution in [0.1, 0.15) is 28.9 Å². The van der Waals surface area contributed by atoms with Crippen molar-refractivity contribution < 1.29 is 22.8 Å². The van der Waals surface area contributed by atoms with E-state index in [0.29, 0.717) is 42.5 Å². The third kappa shape index (κ3) is 5.00. The third-order valence-corrected chi connectivity index (χ3v) is 4.98. The molecule has 156 valence electrons. The Morgan fingerprint density at radius 2 is 1.90 bits per heavy atom. The van der Waals surface area contributed by atoms with Gasteiger partial charge in [-0.3, -0.25) is 20.4 Å². The molecule has 1 aliphatic rings. The van der Waals surface area contributed by atoms with Crippen molar-refractivity contribution in [1.29, 1.82) is 0 Å². The lowest BCUT2D eigenvalue weighted by molar-refractivity contribution is -0.137. The zero-order valence-electron chi connectivity index (χ0n) is 15.5. The van der Waals surface area contributed by atoms with E-state index in [1.807, 2.05) is 4.90 Å². The van der Waals surface area contributed by atoms with Crippen molar-refractivity contribution in [2.45, 2.75) is 19.0 Å². The van der Waals surface area contributed by atoms with E-state index in [-0.39, 0.29) is 11.8 Å². The number of rotatable bonds is 3. The molecule has 3 rings (SSSR count). The maximum atomic E-state index is 12.6. The molecule has 0 radical (unpaired) electrons. The van der Waals surface area contributed by atoms with Gasteiger partial charge in [-0.1, -0.05) is 11.6 Å². The van der Waals surface area contributed by atoms with Crippen molar-refractivity contribution in [3.63, 3.8) is 0 Å². The van der Waals surface area contributed by atoms with E-state index in [9.17, 15) is 22.8 Å². The number of nitrogens with one attached hydrogen (secondary N) is 2. The fourth-order valence-corrected chi connectivity index (χ4v) is 3.40. The van der Waals surface area contributed by atoms with Gasteiger partial charge in [0.15, 0.2) is 0 Å². The van der Waals surface area contributed by atoms with Crippen LogP contribution in [0.3, 0.4) is 0 Å². The van der Waals surface area contributed by atoms with Crippen LogP contribution in [0.15, 0.2) is 30.6 Å². The van der Waals surface area contributed by atoms with Crippen molar-refractivity contribution in [1.82, 2.24) is 20.4 Å². The summed E-state index contributed by atoms with van der Waals surface area (Å²) in [6.45, 7) is 0.940. The number of amides is 2. The van der Waals surface area contributed by atoms with Crippen LogP contribution in [0.25, 0.3) is 0 Å². The predicted octanol–water partition coefficient (Wildman–Crippen LogP) is 2.77. The van der Waals surface area contributed by atoms with Gasteiger partial charge in [0.25, 0.3) is 5.91 Å². The first-order valence-electron chi connectivity index (χ1n) is 8.85. The molecule has 1 saturated heterocycles. The van der Waals surface area contributed by atoms with Gasteiger partial charge in [0.05, 0.1) is 10.6 Å². The van der Waals surface area contributed by atoms with Gasteiger partial charge in [0.1, 0.15) is 11.5 Å². The molecule has 0 spiro atoms. The molecule has 1 aliphatic heterocycles. The Morgan fingerprint density at radius 1 is 1.21 bits per heavy atom. The summed E-state index contributed by atoms with van der Waals surface area (Å²) in [4.78, 5) is 30.1. The van der Waals surface area contributed by atoms with Crippen molar-refractivity contribution in [2.75, 3.05) is 18.0 Å². The second-order valence-corrected chi connectivity index (χ2v) is 7.20. The molecule has 2 aromatic heterocycles. The van der Waals surface area contributed by atoms with Crippen LogP contribution >= 0.6 is 11.6 Å². The van der Waals surface area contributed by atoms with Crippen LogP contribution in [0.2, 0.25) is 5.02 Å². The molecule has 2 amide bonds. The lowest BCUT2D eigenvalue weighted by Gasteiger charge is -2.32. The Kier molecular flexibility index (Phi) is 6.02. The van der Waals surface area contributed by atoms with Gasteiger partial charge in [0, 0.05) is 38.4 Å². The Balaban J connectivity index is 1.49. The Labute approximate surface area is 169 Å². The Morgan fingerprint density at radius 3 is 2.41 bits per heavy atom. The van der Waals surface area contributed by atoms with E-state index < -0.39 is 17.6 Å². The molecule has 0 aliphatic carbocycles. The van der Waals surface area contributed by atoms with Gasteiger partial charge in [0.2, 0.25) is 5.91 Å². The number of halogens is 4. The smallest absolute Gasteiger partial charge is 0.357 e. The molecule has 29 heavy (non-hydrogen) atoms. The molecule has 2 N–H and O–H groups in total. The number of alkyl halides is 3. The molecule has 3 heterocycles. The maximum Gasteiger partial charge on any atom is 0.417 e. The second kappa shape index (κ2) is 8.32. The van der Waals surface area contributed by atoms with E-state index in [0.717, 1.165) is 12.3 Å². The molecule has 7 nitrogen and oxygen atoms in total. The number of hydrogen-bond donors (Lipinski definition) is 2. The summed E-state index contributed by atoms with van der Waals surface area (Å²) in [5, 5.41) is 0.410. The van der Waals surface area contributed by atoms with Gasteiger partial charge in [-0.2, -0.15) is 13.2 Å². The number of aryl methyl sites for hydroxylation is 1. The number of anilines is 1. The minimum absolute atomic E-state index is 0.304. The summed E-state index contributed by atoms with van der Waals surface area (Å²) in [6.07, 6.45) is -1.07. The van der Waals surface area contributed by atoms with E-state index >= 15 is 0 Å². The minimum Gasteiger partial charge on any atom is -0.357 e. The number of carbonyl (C=O) groups excluding carboxylic acids is 2. The monoisotopic (exact) mass is 429 g/mol. The number of pyridine rings is 1. The van der Waals surface area contributed by atoms with Crippen LogP contribution in [-0.2, 0) is 18.0 Å². The van der Waals surface area contributed by atoms with Crippen LogP contribution in [0.4, 0.5) is 19.0 Å². The molecule has 0 saturated carbocycles. The zero-order chi connectivity index (χ0) is 21.2. The van der Waals surface area contributed by atoms with Crippen LogP contribution in [0, 0.1) is 5.92 Å². The van der Waals surface area contributed by atoms with Gasteiger partial charge < -0.3 is 9.47 Å². The summed E-state index contributed by atoms with van der Waals surface area (Å²) in [7, 11) is 1.66. The van der Waals surface area contributed by atoms with Gasteiger partial charge >= 0.3 is 6.18 Å². The molecular formula is C18H19ClF3N5O2. The van der Waals surface area contributed by atoms with Crippen molar-refractivity contribution in [3.8, 4) is 0 Å². The number of carbonyl (C=O) groups is 2. The van der Waals surface area contributed by atoms with E-state index in [4.69, 9.17) is 11.6 Å². The summed E-state index contributed by atoms with van der Waals surface area (Å²) in [5.74, 6) is -0.693. The summed E-state index contributed by atoms with van der Waals surface area (Å²) in [5.41, 5.74) is 4.28. The predicted molar refractivity (Wildman–Crippen MR) is 100 cm³/mol. The third-order valence-electron chi connectivity index (χ3n) is 4.77.